The van der Waals surface area contributed by atoms with Crippen molar-refractivity contribution in [2.24, 2.45) is 5.10 Å². The molecule has 1 heterocycles. The number of aromatic nitrogens is 2. The molecule has 1 aromatic heterocycles. The zero-order valence-corrected chi connectivity index (χ0v) is 20.2. The molecule has 0 saturated heterocycles. The number of anilines is 1. The molecule has 2 N–H and O–H groups in total. The van der Waals surface area contributed by atoms with Crippen LogP contribution in [0.2, 0.25) is 5.02 Å². The Hall–Kier alpha value is -4.63. The molecule has 36 heavy (non-hydrogen) atoms. The lowest BCUT2D eigenvalue weighted by Gasteiger charge is -2.10. The molecular formula is C26H21ClN6O3. The third-order valence-corrected chi connectivity index (χ3v) is 5.51. The lowest BCUT2D eigenvalue weighted by atomic mass is 10.1. The van der Waals surface area contributed by atoms with Gasteiger partial charge in [-0.15, -0.1) is 0 Å². The van der Waals surface area contributed by atoms with Crippen LogP contribution in [0, 0.1) is 17.0 Å². The average Bonchev–Trinajstić information content (AvgIpc) is 2.88. The minimum absolute atomic E-state index is 0.0284. The molecular weight excluding hydrogens is 480 g/mol. The summed E-state index contributed by atoms with van der Waals surface area (Å²) in [5, 5.41) is 18.1. The summed E-state index contributed by atoms with van der Waals surface area (Å²) in [7, 11) is 0. The van der Waals surface area contributed by atoms with Gasteiger partial charge >= 0.3 is 6.03 Å². The quantitative estimate of drug-likeness (QED) is 0.185. The maximum absolute atomic E-state index is 12.6. The van der Waals surface area contributed by atoms with Crippen molar-refractivity contribution in [1.82, 2.24) is 15.4 Å². The van der Waals surface area contributed by atoms with Crippen molar-refractivity contribution in [3.63, 3.8) is 0 Å². The Morgan fingerprint density at radius 3 is 2.03 bits per heavy atom. The molecule has 10 heteroatoms. The van der Waals surface area contributed by atoms with Crippen LogP contribution in [0.3, 0.4) is 0 Å². The van der Waals surface area contributed by atoms with Crippen molar-refractivity contribution < 1.29 is 9.72 Å². The molecule has 4 aromatic rings. The summed E-state index contributed by atoms with van der Waals surface area (Å²) in [5.41, 5.74) is 7.52. The van der Waals surface area contributed by atoms with E-state index in [9.17, 15) is 14.9 Å². The van der Waals surface area contributed by atoms with Gasteiger partial charge in [0.1, 0.15) is 0 Å². The number of carbonyl (C=O) groups excluding carboxylic acids is 1. The van der Waals surface area contributed by atoms with Gasteiger partial charge in [0.15, 0.2) is 0 Å². The van der Waals surface area contributed by atoms with E-state index in [0.29, 0.717) is 27.7 Å². The minimum Gasteiger partial charge on any atom is -0.275 e. The van der Waals surface area contributed by atoms with E-state index >= 15 is 0 Å². The molecule has 0 radical (unpaired) electrons. The fourth-order valence-electron chi connectivity index (χ4n) is 3.30. The lowest BCUT2D eigenvalue weighted by molar-refractivity contribution is -0.384. The molecule has 2 amide bonds. The van der Waals surface area contributed by atoms with Crippen LogP contribution in [-0.2, 0) is 0 Å². The van der Waals surface area contributed by atoms with Crippen LogP contribution in [0.25, 0.3) is 22.5 Å². The van der Waals surface area contributed by atoms with Crippen molar-refractivity contribution in [2.75, 3.05) is 5.32 Å². The molecule has 0 spiro atoms. The largest absolute Gasteiger partial charge is 0.342 e. The molecule has 3 aromatic carbocycles. The first-order valence-corrected chi connectivity index (χ1v) is 11.2. The highest BCUT2D eigenvalue weighted by molar-refractivity contribution is 6.30. The minimum atomic E-state index is -0.639. The normalized spacial score (nSPS) is 11.1. The highest BCUT2D eigenvalue weighted by atomic mass is 35.5. The number of nitrogens with zero attached hydrogens (tertiary/aromatic N) is 4. The number of rotatable bonds is 6. The Balaban J connectivity index is 1.57. The van der Waals surface area contributed by atoms with E-state index in [4.69, 9.17) is 11.6 Å². The molecule has 4 rings (SSSR count). The van der Waals surface area contributed by atoms with Gasteiger partial charge in [-0.25, -0.2) is 20.2 Å². The number of nitro benzene ring substituents is 1. The summed E-state index contributed by atoms with van der Waals surface area (Å²) in [4.78, 5) is 31.9. The van der Waals surface area contributed by atoms with Crippen LogP contribution in [0.15, 0.2) is 84.0 Å². The van der Waals surface area contributed by atoms with Gasteiger partial charge in [-0.3, -0.25) is 15.4 Å². The zero-order valence-electron chi connectivity index (χ0n) is 19.4. The van der Waals surface area contributed by atoms with Gasteiger partial charge < -0.3 is 0 Å². The third kappa shape index (κ3) is 6.08. The monoisotopic (exact) mass is 500 g/mol. The molecule has 0 fully saturated rings. The number of carbonyl (C=O) groups is 1. The topological polar surface area (TPSA) is 122 Å². The second-order valence-corrected chi connectivity index (χ2v) is 8.34. The van der Waals surface area contributed by atoms with Crippen molar-refractivity contribution in [1.29, 1.82) is 0 Å². The van der Waals surface area contributed by atoms with Crippen molar-refractivity contribution >= 4 is 35.0 Å². The SMILES string of the molecule is C/C(=N/NC(=O)Nc1nc(-c2ccc(C)cc2)cc(-c2ccc(Cl)cc2)n1)c1ccc([N+](=O)[O-])cc1. The molecule has 0 bridgehead atoms. The molecule has 0 unspecified atom stereocenters. The van der Waals surface area contributed by atoms with Crippen molar-refractivity contribution in [3.05, 3.63) is 105 Å². The lowest BCUT2D eigenvalue weighted by Crippen LogP contribution is -2.26. The predicted octanol–water partition coefficient (Wildman–Crippen LogP) is 6.23. The van der Waals surface area contributed by atoms with E-state index in [1.165, 1.54) is 12.1 Å². The fourth-order valence-corrected chi connectivity index (χ4v) is 3.42. The van der Waals surface area contributed by atoms with E-state index < -0.39 is 11.0 Å². The standard InChI is InChI=1S/C26H21ClN6O3/c1-16-3-5-19(6-4-16)23-15-24(20-7-11-21(27)12-8-20)29-25(28-23)30-26(34)32-31-17(2)18-9-13-22(14-10-18)33(35)36/h3-15H,1-2H3,(H2,28,29,30,32,34)/b31-17-. The molecule has 0 aliphatic carbocycles. The number of nitro groups is 1. The molecule has 0 aliphatic heterocycles. The third-order valence-electron chi connectivity index (χ3n) is 5.26. The number of hydrazone groups is 1. The number of nitrogens with one attached hydrogen (secondary N) is 2. The van der Waals surface area contributed by atoms with Gasteiger partial charge in [0, 0.05) is 28.3 Å². The zero-order chi connectivity index (χ0) is 25.7. The van der Waals surface area contributed by atoms with Crippen LogP contribution in [0.5, 0.6) is 0 Å². The highest BCUT2D eigenvalue weighted by Gasteiger charge is 2.12. The molecule has 0 aliphatic rings. The van der Waals surface area contributed by atoms with Gasteiger partial charge in [0.05, 0.1) is 22.0 Å². The summed E-state index contributed by atoms with van der Waals surface area (Å²) in [6.45, 7) is 3.67. The van der Waals surface area contributed by atoms with E-state index in [1.54, 1.807) is 31.2 Å². The summed E-state index contributed by atoms with van der Waals surface area (Å²) >= 11 is 6.03. The van der Waals surface area contributed by atoms with Crippen LogP contribution < -0.4 is 10.7 Å². The number of non-ortho nitro benzene ring substituents is 1. The molecule has 180 valence electrons. The van der Waals surface area contributed by atoms with E-state index in [0.717, 1.165) is 16.7 Å². The van der Waals surface area contributed by atoms with Gasteiger partial charge in [-0.1, -0.05) is 53.6 Å². The first-order chi connectivity index (χ1) is 17.3. The molecule has 9 nitrogen and oxygen atoms in total. The molecule has 0 saturated carbocycles. The maximum atomic E-state index is 12.6. The van der Waals surface area contributed by atoms with E-state index in [2.05, 4.69) is 25.8 Å². The number of aryl methyl sites for hydroxylation is 1. The Labute approximate surface area is 212 Å². The van der Waals surface area contributed by atoms with Gasteiger partial charge in [-0.05, 0) is 49.7 Å². The number of urea groups is 1. The van der Waals surface area contributed by atoms with Gasteiger partial charge in [0.25, 0.3) is 5.69 Å². The predicted molar refractivity (Wildman–Crippen MR) is 140 cm³/mol. The van der Waals surface area contributed by atoms with Gasteiger partial charge in [-0.2, -0.15) is 5.10 Å². The van der Waals surface area contributed by atoms with Crippen LogP contribution >= 0.6 is 11.6 Å². The van der Waals surface area contributed by atoms with Crippen molar-refractivity contribution in [2.45, 2.75) is 13.8 Å². The van der Waals surface area contributed by atoms with Crippen molar-refractivity contribution in [3.8, 4) is 22.5 Å². The second-order valence-electron chi connectivity index (χ2n) is 7.90. The first kappa shape index (κ1) is 24.5. The van der Waals surface area contributed by atoms with Crippen LogP contribution in [0.4, 0.5) is 16.4 Å². The number of halogens is 1. The summed E-state index contributed by atoms with van der Waals surface area (Å²) in [6.07, 6.45) is 0. The highest BCUT2D eigenvalue weighted by Crippen LogP contribution is 2.26. The average molecular weight is 501 g/mol. The smallest absolute Gasteiger partial charge is 0.275 e. The summed E-state index contributed by atoms with van der Waals surface area (Å²) in [5.74, 6) is 0.0960. The number of benzene rings is 3. The van der Waals surface area contributed by atoms with E-state index in [1.807, 2.05) is 49.4 Å². The molecule has 0 atom stereocenters. The number of hydrogen-bond acceptors (Lipinski definition) is 6. The summed E-state index contributed by atoms with van der Waals surface area (Å²) < 4.78 is 0. The Bertz CT molecular complexity index is 1370. The Morgan fingerprint density at radius 1 is 0.917 bits per heavy atom. The Morgan fingerprint density at radius 2 is 1.47 bits per heavy atom. The van der Waals surface area contributed by atoms with Crippen LogP contribution in [0.1, 0.15) is 18.1 Å². The van der Waals surface area contributed by atoms with E-state index in [-0.39, 0.29) is 11.6 Å². The second kappa shape index (κ2) is 10.7. The number of hydrogen-bond donors (Lipinski definition) is 2. The number of amides is 2. The van der Waals surface area contributed by atoms with Crippen LogP contribution in [-0.4, -0.2) is 26.6 Å². The first-order valence-electron chi connectivity index (χ1n) is 10.9. The summed E-state index contributed by atoms with van der Waals surface area (Å²) in [6, 6.07) is 22.1. The maximum Gasteiger partial charge on any atom is 0.342 e. The Kier molecular flexibility index (Phi) is 7.31. The fraction of sp³-hybridized carbons (Fsp3) is 0.0769. The van der Waals surface area contributed by atoms with Gasteiger partial charge in [0.2, 0.25) is 5.95 Å².